The van der Waals surface area contributed by atoms with Crippen molar-refractivity contribution >= 4 is 17.4 Å². The molecule has 0 unspecified atom stereocenters. The summed E-state index contributed by atoms with van der Waals surface area (Å²) in [5, 5.41) is 2.77. The van der Waals surface area contributed by atoms with Gasteiger partial charge < -0.3 is 10.1 Å². The minimum Gasteiger partial charge on any atom is -0.491 e. The number of ether oxygens (including phenoxy) is 1. The number of carbonyl (C=O) groups is 2. The van der Waals surface area contributed by atoms with Crippen molar-refractivity contribution < 1.29 is 14.3 Å². The quantitative estimate of drug-likeness (QED) is 0.795. The van der Waals surface area contributed by atoms with Crippen LogP contribution in [-0.2, 0) is 4.79 Å². The second-order valence-corrected chi connectivity index (χ2v) is 5.40. The molecule has 0 fully saturated rings. The minimum absolute atomic E-state index is 0.0890. The molecular weight excluding hydrogens is 292 g/mol. The van der Waals surface area contributed by atoms with Gasteiger partial charge in [0.2, 0.25) is 5.91 Å². The monoisotopic (exact) mass is 312 g/mol. The molecule has 0 bridgehead atoms. The summed E-state index contributed by atoms with van der Waals surface area (Å²) in [5.41, 5.74) is 1.20. The van der Waals surface area contributed by atoms with E-state index in [2.05, 4.69) is 10.3 Å². The van der Waals surface area contributed by atoms with E-state index in [-0.39, 0.29) is 30.6 Å². The Bertz CT molecular complexity index is 652. The highest BCUT2D eigenvalue weighted by Gasteiger charge is 2.09. The third-order valence-corrected chi connectivity index (χ3v) is 3.07. The fourth-order valence-electron chi connectivity index (χ4n) is 2.01. The average molecular weight is 312 g/mol. The number of nitrogens with one attached hydrogen (secondary N) is 1. The summed E-state index contributed by atoms with van der Waals surface area (Å²) < 4.78 is 5.54. The van der Waals surface area contributed by atoms with E-state index >= 15 is 0 Å². The standard InChI is InChI=1S/C18H20N2O3/c1-13(2)23-16-7-5-15(6-8-16)20-18(22)10-9-17(21)14-4-3-11-19-12-14/h3-8,11-13H,9-10H2,1-2H3,(H,20,22). The smallest absolute Gasteiger partial charge is 0.224 e. The van der Waals surface area contributed by atoms with Crippen molar-refractivity contribution in [2.75, 3.05) is 5.32 Å². The van der Waals surface area contributed by atoms with E-state index in [1.807, 2.05) is 13.8 Å². The van der Waals surface area contributed by atoms with E-state index in [0.29, 0.717) is 11.3 Å². The molecule has 0 spiro atoms. The van der Waals surface area contributed by atoms with Gasteiger partial charge in [0.05, 0.1) is 6.10 Å². The molecule has 2 aromatic rings. The number of carbonyl (C=O) groups excluding carboxylic acids is 2. The predicted octanol–water partition coefficient (Wildman–Crippen LogP) is 3.47. The lowest BCUT2D eigenvalue weighted by Crippen LogP contribution is -2.13. The van der Waals surface area contributed by atoms with Gasteiger partial charge in [0.15, 0.2) is 5.78 Å². The molecule has 1 amide bonds. The highest BCUT2D eigenvalue weighted by Crippen LogP contribution is 2.17. The number of Topliss-reactive ketones (excluding diaryl/α,β-unsaturated/α-hetero) is 1. The molecule has 5 nitrogen and oxygen atoms in total. The molecule has 0 saturated heterocycles. The van der Waals surface area contributed by atoms with Gasteiger partial charge in [-0.3, -0.25) is 14.6 Å². The number of hydrogen-bond donors (Lipinski definition) is 1. The van der Waals surface area contributed by atoms with Gasteiger partial charge in [0.1, 0.15) is 5.75 Å². The van der Waals surface area contributed by atoms with Gasteiger partial charge in [-0.1, -0.05) is 0 Å². The molecule has 5 heteroatoms. The number of anilines is 1. The lowest BCUT2D eigenvalue weighted by atomic mass is 10.1. The van der Waals surface area contributed by atoms with Crippen LogP contribution in [0.3, 0.4) is 0 Å². The lowest BCUT2D eigenvalue weighted by molar-refractivity contribution is -0.116. The van der Waals surface area contributed by atoms with E-state index in [4.69, 9.17) is 4.74 Å². The Balaban J connectivity index is 1.81. The zero-order valence-corrected chi connectivity index (χ0v) is 13.3. The maximum atomic E-state index is 11.9. The fraction of sp³-hybridized carbons (Fsp3) is 0.278. The number of amides is 1. The van der Waals surface area contributed by atoms with Crippen molar-refractivity contribution in [3.63, 3.8) is 0 Å². The van der Waals surface area contributed by atoms with Gasteiger partial charge in [-0.25, -0.2) is 0 Å². The molecule has 1 heterocycles. The molecule has 1 N–H and O–H groups in total. The summed E-state index contributed by atoms with van der Waals surface area (Å²) in [6.07, 6.45) is 3.52. The van der Waals surface area contributed by atoms with E-state index in [1.54, 1.807) is 42.6 Å². The first kappa shape index (κ1) is 16.7. The van der Waals surface area contributed by atoms with E-state index < -0.39 is 0 Å². The molecule has 0 saturated carbocycles. The zero-order valence-electron chi connectivity index (χ0n) is 13.3. The molecule has 1 aromatic carbocycles. The number of nitrogens with zero attached hydrogens (tertiary/aromatic N) is 1. The molecule has 0 atom stereocenters. The van der Waals surface area contributed by atoms with Crippen LogP contribution in [0.25, 0.3) is 0 Å². The third-order valence-electron chi connectivity index (χ3n) is 3.07. The Labute approximate surface area is 135 Å². The molecule has 2 rings (SSSR count). The lowest BCUT2D eigenvalue weighted by Gasteiger charge is -2.10. The zero-order chi connectivity index (χ0) is 16.7. The highest BCUT2D eigenvalue weighted by atomic mass is 16.5. The number of benzene rings is 1. The molecule has 0 aliphatic rings. The summed E-state index contributed by atoms with van der Waals surface area (Å²) in [7, 11) is 0. The average Bonchev–Trinajstić information content (AvgIpc) is 2.55. The first-order valence-electron chi connectivity index (χ1n) is 7.54. The predicted molar refractivity (Wildman–Crippen MR) is 88.6 cm³/mol. The summed E-state index contributed by atoms with van der Waals surface area (Å²) in [4.78, 5) is 27.7. The third kappa shape index (κ3) is 5.54. The van der Waals surface area contributed by atoms with Crippen molar-refractivity contribution in [1.82, 2.24) is 4.98 Å². The second kappa shape index (κ2) is 8.08. The largest absolute Gasteiger partial charge is 0.491 e. The second-order valence-electron chi connectivity index (χ2n) is 5.40. The van der Waals surface area contributed by atoms with E-state index in [0.717, 1.165) is 5.75 Å². The maximum absolute atomic E-state index is 11.9. The van der Waals surface area contributed by atoms with Crippen molar-refractivity contribution in [2.45, 2.75) is 32.8 Å². The summed E-state index contributed by atoms with van der Waals surface area (Å²) in [5.74, 6) is 0.471. The minimum atomic E-state index is -0.195. The van der Waals surface area contributed by atoms with Crippen molar-refractivity contribution in [3.8, 4) is 5.75 Å². The van der Waals surface area contributed by atoms with Crippen LogP contribution < -0.4 is 10.1 Å². The summed E-state index contributed by atoms with van der Waals surface area (Å²) >= 11 is 0. The number of hydrogen-bond acceptors (Lipinski definition) is 4. The Morgan fingerprint density at radius 2 is 1.87 bits per heavy atom. The molecule has 120 valence electrons. The molecular formula is C18H20N2O3. The number of aromatic nitrogens is 1. The van der Waals surface area contributed by atoms with Crippen LogP contribution in [0.15, 0.2) is 48.8 Å². The highest BCUT2D eigenvalue weighted by molar-refractivity contribution is 5.99. The van der Waals surface area contributed by atoms with Crippen LogP contribution in [0.5, 0.6) is 5.75 Å². The molecule has 0 aliphatic heterocycles. The van der Waals surface area contributed by atoms with Crippen LogP contribution in [0.4, 0.5) is 5.69 Å². The molecule has 1 aromatic heterocycles. The summed E-state index contributed by atoms with van der Waals surface area (Å²) in [6.45, 7) is 3.91. The SMILES string of the molecule is CC(C)Oc1ccc(NC(=O)CCC(=O)c2cccnc2)cc1. The maximum Gasteiger partial charge on any atom is 0.224 e. The van der Waals surface area contributed by atoms with Crippen molar-refractivity contribution in [1.29, 1.82) is 0 Å². The van der Waals surface area contributed by atoms with Crippen molar-refractivity contribution in [3.05, 3.63) is 54.4 Å². The Morgan fingerprint density at radius 1 is 1.13 bits per heavy atom. The number of ketones is 1. The van der Waals surface area contributed by atoms with E-state index in [9.17, 15) is 9.59 Å². The fourth-order valence-corrected chi connectivity index (χ4v) is 2.01. The Morgan fingerprint density at radius 3 is 2.48 bits per heavy atom. The van der Waals surface area contributed by atoms with E-state index in [1.165, 1.54) is 6.20 Å². The van der Waals surface area contributed by atoms with Gasteiger partial charge in [-0.15, -0.1) is 0 Å². The number of rotatable bonds is 7. The normalized spacial score (nSPS) is 10.4. The molecule has 0 radical (unpaired) electrons. The van der Waals surface area contributed by atoms with Gasteiger partial charge in [0, 0.05) is 36.5 Å². The van der Waals surface area contributed by atoms with Crippen LogP contribution in [0, 0.1) is 0 Å². The van der Waals surface area contributed by atoms with Crippen LogP contribution in [-0.4, -0.2) is 22.8 Å². The molecule has 0 aliphatic carbocycles. The Kier molecular flexibility index (Phi) is 5.86. The van der Waals surface area contributed by atoms with Crippen LogP contribution >= 0.6 is 0 Å². The van der Waals surface area contributed by atoms with Gasteiger partial charge in [-0.05, 0) is 50.2 Å². The first-order chi connectivity index (χ1) is 11.0. The van der Waals surface area contributed by atoms with Gasteiger partial charge in [0.25, 0.3) is 0 Å². The van der Waals surface area contributed by atoms with Gasteiger partial charge >= 0.3 is 0 Å². The van der Waals surface area contributed by atoms with Crippen molar-refractivity contribution in [2.24, 2.45) is 0 Å². The number of pyridine rings is 1. The topological polar surface area (TPSA) is 68.3 Å². The van der Waals surface area contributed by atoms with Gasteiger partial charge in [-0.2, -0.15) is 0 Å². The first-order valence-corrected chi connectivity index (χ1v) is 7.54. The van der Waals surface area contributed by atoms with Crippen LogP contribution in [0.1, 0.15) is 37.0 Å². The van der Waals surface area contributed by atoms with Crippen LogP contribution in [0.2, 0.25) is 0 Å². The molecule has 23 heavy (non-hydrogen) atoms. The Hall–Kier alpha value is -2.69. The summed E-state index contributed by atoms with van der Waals surface area (Å²) in [6, 6.07) is 10.6.